The number of carboxylic acid groups (broad SMARTS) is 1. The van der Waals surface area contributed by atoms with Crippen LogP contribution in [-0.4, -0.2) is 23.0 Å². The molecule has 0 aliphatic heterocycles. The molecule has 0 fully saturated rings. The lowest BCUT2D eigenvalue weighted by atomic mass is 9.99. The van der Waals surface area contributed by atoms with Gasteiger partial charge in [-0.05, 0) is 23.6 Å². The van der Waals surface area contributed by atoms with Crippen molar-refractivity contribution >= 4 is 17.6 Å². The standard InChI is InChI=1S/C14H20N2O3/c1-3-9(2)13(15)14(19)16-11-6-4-5-10(7-11)8-12(17)18/h4-7,9,13H,3,8,15H2,1-2H3,(H,16,19)(H,17,18). The van der Waals surface area contributed by atoms with E-state index in [0.29, 0.717) is 11.3 Å². The minimum absolute atomic E-state index is 0.0683. The fourth-order valence-corrected chi connectivity index (χ4v) is 1.67. The molecule has 1 aromatic rings. The Kier molecular flexibility index (Phi) is 5.51. The first-order valence-electron chi connectivity index (χ1n) is 6.31. The summed E-state index contributed by atoms with van der Waals surface area (Å²) in [6.45, 7) is 3.90. The second kappa shape index (κ2) is 6.89. The summed E-state index contributed by atoms with van der Waals surface area (Å²) < 4.78 is 0. The van der Waals surface area contributed by atoms with Crippen molar-refractivity contribution in [2.45, 2.75) is 32.7 Å². The molecule has 19 heavy (non-hydrogen) atoms. The minimum atomic E-state index is -0.903. The van der Waals surface area contributed by atoms with Gasteiger partial charge in [0.25, 0.3) is 0 Å². The number of nitrogens with one attached hydrogen (secondary N) is 1. The number of aliphatic carboxylic acids is 1. The lowest BCUT2D eigenvalue weighted by Gasteiger charge is -2.17. The third-order valence-corrected chi connectivity index (χ3v) is 3.11. The fourth-order valence-electron chi connectivity index (χ4n) is 1.67. The summed E-state index contributed by atoms with van der Waals surface area (Å²) in [5.74, 6) is -1.05. The van der Waals surface area contributed by atoms with E-state index in [9.17, 15) is 9.59 Å². The van der Waals surface area contributed by atoms with Gasteiger partial charge in [-0.2, -0.15) is 0 Å². The number of anilines is 1. The van der Waals surface area contributed by atoms with Gasteiger partial charge >= 0.3 is 5.97 Å². The Balaban J connectivity index is 2.71. The molecule has 0 bridgehead atoms. The maximum Gasteiger partial charge on any atom is 0.307 e. The minimum Gasteiger partial charge on any atom is -0.481 e. The fraction of sp³-hybridized carbons (Fsp3) is 0.429. The molecule has 0 aromatic heterocycles. The van der Waals surface area contributed by atoms with Crippen LogP contribution in [0.15, 0.2) is 24.3 Å². The van der Waals surface area contributed by atoms with Crippen LogP contribution in [0, 0.1) is 5.92 Å². The van der Waals surface area contributed by atoms with E-state index in [1.807, 2.05) is 13.8 Å². The maximum atomic E-state index is 11.9. The van der Waals surface area contributed by atoms with Gasteiger partial charge in [0, 0.05) is 5.69 Å². The van der Waals surface area contributed by atoms with E-state index < -0.39 is 12.0 Å². The zero-order chi connectivity index (χ0) is 14.4. The summed E-state index contributed by atoms with van der Waals surface area (Å²) in [7, 11) is 0. The molecule has 1 rings (SSSR count). The first-order chi connectivity index (χ1) is 8.93. The SMILES string of the molecule is CCC(C)C(N)C(=O)Nc1cccc(CC(=O)O)c1. The molecule has 0 saturated carbocycles. The summed E-state index contributed by atoms with van der Waals surface area (Å²) in [6.07, 6.45) is 0.759. The van der Waals surface area contributed by atoms with Gasteiger partial charge in [0.1, 0.15) is 0 Å². The van der Waals surface area contributed by atoms with E-state index in [-0.39, 0.29) is 18.2 Å². The second-order valence-electron chi connectivity index (χ2n) is 4.67. The molecular formula is C14H20N2O3. The van der Waals surface area contributed by atoms with Crippen LogP contribution in [0.3, 0.4) is 0 Å². The zero-order valence-corrected chi connectivity index (χ0v) is 11.2. The predicted octanol–water partition coefficient (Wildman–Crippen LogP) is 1.63. The first-order valence-corrected chi connectivity index (χ1v) is 6.31. The molecule has 5 nitrogen and oxygen atoms in total. The molecule has 0 saturated heterocycles. The van der Waals surface area contributed by atoms with Crippen molar-refractivity contribution in [3.05, 3.63) is 29.8 Å². The summed E-state index contributed by atoms with van der Waals surface area (Å²) in [4.78, 5) is 22.5. The van der Waals surface area contributed by atoms with Gasteiger partial charge in [-0.1, -0.05) is 32.4 Å². The van der Waals surface area contributed by atoms with Crippen molar-refractivity contribution < 1.29 is 14.7 Å². The van der Waals surface area contributed by atoms with Crippen molar-refractivity contribution in [3.63, 3.8) is 0 Å². The van der Waals surface area contributed by atoms with Crippen molar-refractivity contribution in [3.8, 4) is 0 Å². The van der Waals surface area contributed by atoms with Crippen LogP contribution in [0.4, 0.5) is 5.69 Å². The Morgan fingerprint density at radius 1 is 1.42 bits per heavy atom. The Morgan fingerprint density at radius 2 is 2.11 bits per heavy atom. The highest BCUT2D eigenvalue weighted by Crippen LogP contribution is 2.13. The summed E-state index contributed by atoms with van der Waals surface area (Å²) in [6, 6.07) is 6.22. The molecule has 0 aliphatic rings. The molecule has 2 atom stereocenters. The van der Waals surface area contributed by atoms with Gasteiger partial charge in [0.2, 0.25) is 5.91 Å². The van der Waals surface area contributed by atoms with Crippen LogP contribution < -0.4 is 11.1 Å². The monoisotopic (exact) mass is 264 g/mol. The van der Waals surface area contributed by atoms with Gasteiger partial charge < -0.3 is 16.2 Å². The number of hydrogen-bond donors (Lipinski definition) is 3. The number of carbonyl (C=O) groups excluding carboxylic acids is 1. The number of benzene rings is 1. The van der Waals surface area contributed by atoms with Crippen molar-refractivity contribution in [1.82, 2.24) is 0 Å². The van der Waals surface area contributed by atoms with Crippen LogP contribution in [0.25, 0.3) is 0 Å². The number of carboxylic acids is 1. The Labute approximate surface area is 112 Å². The van der Waals surface area contributed by atoms with Crippen LogP contribution in [0.1, 0.15) is 25.8 Å². The number of rotatable bonds is 6. The molecule has 0 radical (unpaired) electrons. The van der Waals surface area contributed by atoms with Crippen molar-refractivity contribution in [2.75, 3.05) is 5.32 Å². The van der Waals surface area contributed by atoms with Crippen molar-refractivity contribution in [1.29, 1.82) is 0 Å². The van der Waals surface area contributed by atoms with Crippen LogP contribution in [-0.2, 0) is 16.0 Å². The van der Waals surface area contributed by atoms with Crippen LogP contribution in [0.5, 0.6) is 0 Å². The Bertz CT molecular complexity index is 460. The van der Waals surface area contributed by atoms with E-state index in [1.165, 1.54) is 0 Å². The topological polar surface area (TPSA) is 92.4 Å². The molecule has 2 unspecified atom stereocenters. The highest BCUT2D eigenvalue weighted by molar-refractivity contribution is 5.95. The molecule has 0 heterocycles. The quantitative estimate of drug-likeness (QED) is 0.728. The summed E-state index contributed by atoms with van der Waals surface area (Å²) in [5, 5.41) is 11.4. The molecule has 4 N–H and O–H groups in total. The lowest BCUT2D eigenvalue weighted by Crippen LogP contribution is -2.40. The normalized spacial score (nSPS) is 13.6. The van der Waals surface area contributed by atoms with Crippen molar-refractivity contribution in [2.24, 2.45) is 11.7 Å². The van der Waals surface area contributed by atoms with E-state index >= 15 is 0 Å². The highest BCUT2D eigenvalue weighted by Gasteiger charge is 2.19. The van der Waals surface area contributed by atoms with Gasteiger partial charge in [0.05, 0.1) is 12.5 Å². The van der Waals surface area contributed by atoms with Gasteiger partial charge in [-0.3, -0.25) is 9.59 Å². The third kappa shape index (κ3) is 4.71. The van der Waals surface area contributed by atoms with Crippen LogP contribution in [0.2, 0.25) is 0 Å². The lowest BCUT2D eigenvalue weighted by molar-refractivity contribution is -0.136. The van der Waals surface area contributed by atoms with Crippen LogP contribution >= 0.6 is 0 Å². The largest absolute Gasteiger partial charge is 0.481 e. The second-order valence-corrected chi connectivity index (χ2v) is 4.67. The molecule has 0 spiro atoms. The Morgan fingerprint density at radius 3 is 2.68 bits per heavy atom. The van der Waals surface area contributed by atoms with E-state index in [1.54, 1.807) is 24.3 Å². The number of nitrogens with two attached hydrogens (primary N) is 1. The number of amides is 1. The molecular weight excluding hydrogens is 244 g/mol. The first kappa shape index (κ1) is 15.2. The van der Waals surface area contributed by atoms with Gasteiger partial charge in [-0.25, -0.2) is 0 Å². The molecule has 5 heteroatoms. The Hall–Kier alpha value is -1.88. The summed E-state index contributed by atoms with van der Waals surface area (Å²) in [5.41, 5.74) is 7.04. The van der Waals surface area contributed by atoms with E-state index in [4.69, 9.17) is 10.8 Å². The number of hydrogen-bond acceptors (Lipinski definition) is 3. The molecule has 0 aliphatic carbocycles. The average molecular weight is 264 g/mol. The molecule has 1 amide bonds. The smallest absolute Gasteiger partial charge is 0.307 e. The molecule has 1 aromatic carbocycles. The van der Waals surface area contributed by atoms with E-state index in [0.717, 1.165) is 6.42 Å². The number of carbonyl (C=O) groups is 2. The van der Waals surface area contributed by atoms with E-state index in [2.05, 4.69) is 5.32 Å². The highest BCUT2D eigenvalue weighted by atomic mass is 16.4. The maximum absolute atomic E-state index is 11.9. The molecule has 104 valence electrons. The van der Waals surface area contributed by atoms with Gasteiger partial charge in [0.15, 0.2) is 0 Å². The third-order valence-electron chi connectivity index (χ3n) is 3.11. The zero-order valence-electron chi connectivity index (χ0n) is 11.2. The predicted molar refractivity (Wildman–Crippen MR) is 73.8 cm³/mol. The average Bonchev–Trinajstić information content (AvgIpc) is 2.36. The summed E-state index contributed by atoms with van der Waals surface area (Å²) >= 11 is 0. The van der Waals surface area contributed by atoms with Gasteiger partial charge in [-0.15, -0.1) is 0 Å².